The van der Waals surface area contributed by atoms with Crippen LogP contribution in [0.1, 0.15) is 23.6 Å². The van der Waals surface area contributed by atoms with E-state index in [2.05, 4.69) is 21.6 Å². The molecule has 0 atom stereocenters. The molecule has 0 aliphatic carbocycles. The SMILES string of the molecule is CCOc1cc(/C=N/Nc2ccc([N+](=O)[O-])cn2)ccc1OCc1ccccc1C#N. The molecule has 0 aliphatic rings. The second kappa shape index (κ2) is 10.4. The van der Waals surface area contributed by atoms with Crippen molar-refractivity contribution < 1.29 is 14.4 Å². The van der Waals surface area contributed by atoms with Gasteiger partial charge in [-0.1, -0.05) is 18.2 Å². The van der Waals surface area contributed by atoms with Gasteiger partial charge in [-0.05, 0) is 42.8 Å². The van der Waals surface area contributed by atoms with Crippen LogP contribution in [0.15, 0.2) is 65.9 Å². The topological polar surface area (TPSA) is 123 Å². The van der Waals surface area contributed by atoms with E-state index in [4.69, 9.17) is 9.47 Å². The lowest BCUT2D eigenvalue weighted by Crippen LogP contribution is -2.02. The molecule has 2 aromatic carbocycles. The summed E-state index contributed by atoms with van der Waals surface area (Å²) in [6, 6.07) is 17.6. The van der Waals surface area contributed by atoms with Crippen molar-refractivity contribution in [1.82, 2.24) is 4.98 Å². The maximum atomic E-state index is 10.7. The molecule has 0 bridgehead atoms. The molecule has 0 saturated carbocycles. The molecule has 9 nitrogen and oxygen atoms in total. The minimum Gasteiger partial charge on any atom is -0.490 e. The molecular weight excluding hydrogens is 398 g/mol. The maximum Gasteiger partial charge on any atom is 0.287 e. The number of ether oxygens (including phenoxy) is 2. The molecular formula is C22H19N5O4. The van der Waals surface area contributed by atoms with Crippen LogP contribution in [0.5, 0.6) is 11.5 Å². The van der Waals surface area contributed by atoms with Crippen LogP contribution in [0.4, 0.5) is 11.5 Å². The van der Waals surface area contributed by atoms with Crippen molar-refractivity contribution in [2.24, 2.45) is 5.10 Å². The van der Waals surface area contributed by atoms with Crippen molar-refractivity contribution in [2.75, 3.05) is 12.0 Å². The first-order valence-electron chi connectivity index (χ1n) is 9.38. The Morgan fingerprint density at radius 2 is 2.03 bits per heavy atom. The molecule has 31 heavy (non-hydrogen) atoms. The van der Waals surface area contributed by atoms with Crippen LogP contribution in [-0.2, 0) is 6.61 Å². The summed E-state index contributed by atoms with van der Waals surface area (Å²) in [5, 5.41) is 24.0. The molecule has 0 fully saturated rings. The molecule has 0 unspecified atom stereocenters. The van der Waals surface area contributed by atoms with E-state index in [1.54, 1.807) is 24.4 Å². The zero-order valence-electron chi connectivity index (χ0n) is 16.7. The van der Waals surface area contributed by atoms with Gasteiger partial charge in [-0.25, -0.2) is 4.98 Å². The van der Waals surface area contributed by atoms with Gasteiger partial charge in [-0.2, -0.15) is 10.4 Å². The summed E-state index contributed by atoms with van der Waals surface area (Å²) in [6.07, 6.45) is 2.72. The van der Waals surface area contributed by atoms with Crippen LogP contribution in [-0.4, -0.2) is 22.7 Å². The zero-order chi connectivity index (χ0) is 22.1. The Labute approximate surface area is 178 Å². The Bertz CT molecular complexity index is 1120. The average Bonchev–Trinajstić information content (AvgIpc) is 2.79. The number of hydrogen-bond donors (Lipinski definition) is 1. The van der Waals surface area contributed by atoms with Gasteiger partial charge in [0.25, 0.3) is 5.69 Å². The fourth-order valence-electron chi connectivity index (χ4n) is 2.64. The predicted molar refractivity (Wildman–Crippen MR) is 115 cm³/mol. The average molecular weight is 417 g/mol. The first-order valence-corrected chi connectivity index (χ1v) is 9.38. The predicted octanol–water partition coefficient (Wildman–Crippen LogP) is 4.29. The summed E-state index contributed by atoms with van der Waals surface area (Å²) < 4.78 is 11.6. The summed E-state index contributed by atoms with van der Waals surface area (Å²) in [6.45, 7) is 2.57. The number of rotatable bonds is 9. The first kappa shape index (κ1) is 21.3. The van der Waals surface area contributed by atoms with E-state index < -0.39 is 4.92 Å². The van der Waals surface area contributed by atoms with Gasteiger partial charge in [0.1, 0.15) is 18.6 Å². The molecule has 1 aromatic heterocycles. The summed E-state index contributed by atoms with van der Waals surface area (Å²) in [5.74, 6) is 1.48. The molecule has 0 spiro atoms. The van der Waals surface area contributed by atoms with Gasteiger partial charge in [-0.15, -0.1) is 0 Å². The molecule has 0 saturated heterocycles. The van der Waals surface area contributed by atoms with E-state index in [1.807, 2.05) is 31.2 Å². The highest BCUT2D eigenvalue weighted by Crippen LogP contribution is 2.29. The van der Waals surface area contributed by atoms with Gasteiger partial charge >= 0.3 is 0 Å². The first-order chi connectivity index (χ1) is 15.1. The van der Waals surface area contributed by atoms with Crippen molar-refractivity contribution in [2.45, 2.75) is 13.5 Å². The van der Waals surface area contributed by atoms with Crippen molar-refractivity contribution in [3.8, 4) is 17.6 Å². The Morgan fingerprint density at radius 3 is 2.74 bits per heavy atom. The fraction of sp³-hybridized carbons (Fsp3) is 0.136. The van der Waals surface area contributed by atoms with Gasteiger partial charge in [0.05, 0.1) is 29.4 Å². The van der Waals surface area contributed by atoms with Crippen molar-refractivity contribution in [1.29, 1.82) is 5.26 Å². The van der Waals surface area contributed by atoms with Gasteiger partial charge in [0.2, 0.25) is 0 Å². The molecule has 9 heteroatoms. The van der Waals surface area contributed by atoms with Gasteiger partial charge in [0.15, 0.2) is 11.5 Å². The third kappa shape index (κ3) is 5.77. The summed E-state index contributed by atoms with van der Waals surface area (Å²) >= 11 is 0. The van der Waals surface area contributed by atoms with E-state index in [0.717, 1.165) is 17.3 Å². The van der Waals surface area contributed by atoms with Crippen molar-refractivity contribution in [3.05, 3.63) is 87.6 Å². The lowest BCUT2D eigenvalue weighted by Gasteiger charge is -2.13. The smallest absolute Gasteiger partial charge is 0.287 e. The minimum atomic E-state index is -0.516. The third-order valence-corrected chi connectivity index (χ3v) is 4.14. The van der Waals surface area contributed by atoms with E-state index in [-0.39, 0.29) is 12.3 Å². The van der Waals surface area contributed by atoms with E-state index >= 15 is 0 Å². The number of nitro groups is 1. The molecule has 1 N–H and O–H groups in total. The number of anilines is 1. The van der Waals surface area contributed by atoms with E-state index in [0.29, 0.717) is 29.5 Å². The number of aromatic nitrogens is 1. The highest BCUT2D eigenvalue weighted by Gasteiger charge is 2.09. The molecule has 156 valence electrons. The van der Waals surface area contributed by atoms with Gasteiger partial charge in [0, 0.05) is 11.6 Å². The second-order valence-electron chi connectivity index (χ2n) is 6.23. The lowest BCUT2D eigenvalue weighted by molar-refractivity contribution is -0.385. The van der Waals surface area contributed by atoms with E-state index in [9.17, 15) is 15.4 Å². The third-order valence-electron chi connectivity index (χ3n) is 4.14. The van der Waals surface area contributed by atoms with Crippen molar-refractivity contribution >= 4 is 17.7 Å². The monoisotopic (exact) mass is 417 g/mol. The van der Waals surface area contributed by atoms with Crippen LogP contribution >= 0.6 is 0 Å². The number of hydrogen-bond acceptors (Lipinski definition) is 8. The summed E-state index contributed by atoms with van der Waals surface area (Å²) in [7, 11) is 0. The fourth-order valence-corrected chi connectivity index (χ4v) is 2.64. The number of pyridine rings is 1. The lowest BCUT2D eigenvalue weighted by atomic mass is 10.1. The molecule has 1 heterocycles. The normalized spacial score (nSPS) is 10.5. The zero-order valence-corrected chi connectivity index (χ0v) is 16.7. The second-order valence-corrected chi connectivity index (χ2v) is 6.23. The van der Waals surface area contributed by atoms with Gasteiger partial charge < -0.3 is 9.47 Å². The number of hydrazone groups is 1. The number of nitriles is 1. The highest BCUT2D eigenvalue weighted by molar-refractivity contribution is 5.81. The quantitative estimate of drug-likeness (QED) is 0.313. The Balaban J connectivity index is 1.68. The molecule has 3 aromatic rings. The highest BCUT2D eigenvalue weighted by atomic mass is 16.6. The van der Waals surface area contributed by atoms with Crippen molar-refractivity contribution in [3.63, 3.8) is 0 Å². The molecule has 0 radical (unpaired) electrons. The summed E-state index contributed by atoms with van der Waals surface area (Å²) in [5.41, 5.74) is 4.73. The number of benzene rings is 2. The van der Waals surface area contributed by atoms with Crippen LogP contribution in [0.2, 0.25) is 0 Å². The summed E-state index contributed by atoms with van der Waals surface area (Å²) in [4.78, 5) is 14.1. The van der Waals surface area contributed by atoms with Gasteiger partial charge in [-0.3, -0.25) is 15.5 Å². The molecule has 0 aliphatic heterocycles. The standard InChI is InChI=1S/C22H19N5O4/c1-2-30-21-11-16(13-25-26-22-10-8-19(14-24-22)27(28)29)7-9-20(21)31-15-18-6-4-3-5-17(18)12-23/h3-11,13-14H,2,15H2,1H3,(H,24,26)/b25-13+. The Kier molecular flexibility index (Phi) is 7.11. The maximum absolute atomic E-state index is 10.7. The molecule has 0 amide bonds. The largest absolute Gasteiger partial charge is 0.490 e. The van der Waals surface area contributed by atoms with E-state index in [1.165, 1.54) is 12.1 Å². The van der Waals surface area contributed by atoms with Crippen LogP contribution in [0.25, 0.3) is 0 Å². The Hall–Kier alpha value is -4.45. The number of nitrogens with zero attached hydrogens (tertiary/aromatic N) is 4. The van der Waals surface area contributed by atoms with Crippen LogP contribution < -0.4 is 14.9 Å². The molecule has 3 rings (SSSR count). The number of nitrogens with one attached hydrogen (secondary N) is 1. The van der Waals surface area contributed by atoms with Crippen LogP contribution in [0.3, 0.4) is 0 Å². The van der Waals surface area contributed by atoms with Crippen LogP contribution in [0, 0.1) is 21.4 Å². The Morgan fingerprint density at radius 1 is 1.19 bits per heavy atom. The minimum absolute atomic E-state index is 0.0936.